The van der Waals surface area contributed by atoms with Crippen LogP contribution in [0.4, 0.5) is 13.2 Å². The highest BCUT2D eigenvalue weighted by molar-refractivity contribution is 4.93. The summed E-state index contributed by atoms with van der Waals surface area (Å²) in [5.41, 5.74) is 0. The van der Waals surface area contributed by atoms with E-state index >= 15 is 13.2 Å². The van der Waals surface area contributed by atoms with E-state index in [4.69, 9.17) is 0 Å². The first-order chi connectivity index (χ1) is 17.5. The molecular weight excluding hydrogens is 453 g/mol. The van der Waals surface area contributed by atoms with Crippen LogP contribution in [0, 0.1) is 47.3 Å². The minimum absolute atomic E-state index is 0.0278. The summed E-state index contributed by atoms with van der Waals surface area (Å²) in [6.45, 7) is 4.48. The van der Waals surface area contributed by atoms with Gasteiger partial charge in [0.1, 0.15) is 18.5 Å². The van der Waals surface area contributed by atoms with Crippen LogP contribution in [-0.4, -0.2) is 18.5 Å². The Morgan fingerprint density at radius 3 is 1.69 bits per heavy atom. The Labute approximate surface area is 221 Å². The molecule has 4 aliphatic rings. The maximum Gasteiger partial charge on any atom is 0.134 e. The Hall–Kier alpha value is -0.210. The molecule has 0 aromatic rings. The van der Waals surface area contributed by atoms with Gasteiger partial charge >= 0.3 is 0 Å². The van der Waals surface area contributed by atoms with Crippen LogP contribution >= 0.6 is 0 Å². The van der Waals surface area contributed by atoms with Crippen LogP contribution in [0.25, 0.3) is 0 Å². The summed E-state index contributed by atoms with van der Waals surface area (Å²) >= 11 is 0. The van der Waals surface area contributed by atoms with Crippen LogP contribution in [0.15, 0.2) is 0 Å². The average Bonchev–Trinajstić information content (AvgIpc) is 2.90. The molecule has 210 valence electrons. The Kier molecular flexibility index (Phi) is 11.4. The lowest BCUT2D eigenvalue weighted by Gasteiger charge is -2.42. The van der Waals surface area contributed by atoms with Crippen molar-refractivity contribution < 1.29 is 13.2 Å². The molecule has 0 aromatic heterocycles. The third kappa shape index (κ3) is 7.46. The Morgan fingerprint density at radius 2 is 1.08 bits per heavy atom. The highest BCUT2D eigenvalue weighted by atomic mass is 19.2. The van der Waals surface area contributed by atoms with Crippen molar-refractivity contribution in [2.75, 3.05) is 0 Å². The average molecular weight is 511 g/mol. The van der Waals surface area contributed by atoms with Gasteiger partial charge in [0.25, 0.3) is 0 Å². The fourth-order valence-corrected chi connectivity index (χ4v) is 9.19. The molecule has 4 aliphatic carbocycles. The third-order valence-electron chi connectivity index (χ3n) is 11.6. The van der Waals surface area contributed by atoms with Gasteiger partial charge in [-0.3, -0.25) is 0 Å². The predicted molar refractivity (Wildman–Crippen MR) is 146 cm³/mol. The number of hydrogen-bond acceptors (Lipinski definition) is 0. The van der Waals surface area contributed by atoms with Crippen LogP contribution in [-0.2, 0) is 0 Å². The van der Waals surface area contributed by atoms with Crippen LogP contribution in [0.3, 0.4) is 0 Å². The molecule has 0 bridgehead atoms. The number of halogens is 3. The van der Waals surface area contributed by atoms with Crippen molar-refractivity contribution in [2.45, 2.75) is 161 Å². The van der Waals surface area contributed by atoms with E-state index in [1.54, 1.807) is 0 Å². The highest BCUT2D eigenvalue weighted by Crippen LogP contribution is 2.47. The fourth-order valence-electron chi connectivity index (χ4n) is 9.19. The maximum absolute atomic E-state index is 15.3. The van der Waals surface area contributed by atoms with Gasteiger partial charge in [-0.05, 0) is 112 Å². The molecule has 0 aliphatic heterocycles. The molecule has 0 saturated heterocycles. The number of alkyl halides is 3. The van der Waals surface area contributed by atoms with Crippen molar-refractivity contribution in [3.63, 3.8) is 0 Å². The van der Waals surface area contributed by atoms with Crippen LogP contribution < -0.4 is 0 Å². The minimum atomic E-state index is -1.25. The number of hydrogen-bond donors (Lipinski definition) is 0. The molecule has 4 fully saturated rings. The summed E-state index contributed by atoms with van der Waals surface area (Å²) in [7, 11) is 0. The maximum atomic E-state index is 15.3. The second-order valence-electron chi connectivity index (χ2n) is 13.8. The monoisotopic (exact) mass is 510 g/mol. The number of rotatable bonds is 10. The summed E-state index contributed by atoms with van der Waals surface area (Å²) < 4.78 is 45.5. The first-order valence-electron chi connectivity index (χ1n) is 16.4. The molecule has 4 saturated carbocycles. The van der Waals surface area contributed by atoms with Crippen LogP contribution in [0.2, 0.25) is 0 Å². The summed E-state index contributed by atoms with van der Waals surface area (Å²) in [6.07, 6.45) is 19.4. The van der Waals surface area contributed by atoms with Gasteiger partial charge in [0, 0.05) is 0 Å². The summed E-state index contributed by atoms with van der Waals surface area (Å²) in [5, 5.41) is 0. The summed E-state index contributed by atoms with van der Waals surface area (Å²) in [4.78, 5) is 0. The van der Waals surface area contributed by atoms with Crippen molar-refractivity contribution in [3.8, 4) is 0 Å². The normalized spacial score (nSPS) is 44.4. The van der Waals surface area contributed by atoms with Gasteiger partial charge in [0.15, 0.2) is 0 Å². The van der Waals surface area contributed by atoms with Crippen LogP contribution in [0.5, 0.6) is 0 Å². The van der Waals surface area contributed by atoms with Crippen LogP contribution in [0.1, 0.15) is 142 Å². The SMILES string of the molecule is CCCCC1CCC(C2CCC(CCC3CCC(C4CCC(CCC)CC4)C(F)[C@H]3F)CC2)C(F)C1. The zero-order chi connectivity index (χ0) is 25.5. The Bertz CT molecular complexity index is 606. The second kappa shape index (κ2) is 14.3. The molecule has 0 amide bonds. The van der Waals surface area contributed by atoms with Crippen molar-refractivity contribution in [1.82, 2.24) is 0 Å². The van der Waals surface area contributed by atoms with Gasteiger partial charge in [-0.1, -0.05) is 78.1 Å². The molecule has 4 rings (SSSR count). The smallest absolute Gasteiger partial charge is 0.134 e. The molecule has 0 heterocycles. The van der Waals surface area contributed by atoms with Crippen molar-refractivity contribution in [3.05, 3.63) is 0 Å². The van der Waals surface area contributed by atoms with Crippen molar-refractivity contribution in [2.24, 2.45) is 47.3 Å². The zero-order valence-electron chi connectivity index (χ0n) is 23.6. The van der Waals surface area contributed by atoms with E-state index in [0.717, 1.165) is 70.1 Å². The first kappa shape index (κ1) is 28.8. The van der Waals surface area contributed by atoms with Gasteiger partial charge in [-0.15, -0.1) is 0 Å². The van der Waals surface area contributed by atoms with Crippen molar-refractivity contribution in [1.29, 1.82) is 0 Å². The Morgan fingerprint density at radius 1 is 0.500 bits per heavy atom. The molecule has 0 nitrogen and oxygen atoms in total. The lowest BCUT2D eigenvalue weighted by Crippen LogP contribution is -2.42. The van der Waals surface area contributed by atoms with E-state index in [2.05, 4.69) is 13.8 Å². The standard InChI is InChI=1S/C33H57F3/c1-3-5-7-25-13-20-29(31(34)22-25)26-14-10-24(11-15-26)12-18-28-19-21-30(33(36)32(28)35)27-16-8-23(6-4-2)9-17-27/h23-33H,3-22H2,1-2H3/t23?,24?,25?,26?,27?,28?,29?,30?,31?,32-,33?/m0/s1. The van der Waals surface area contributed by atoms with E-state index < -0.39 is 18.5 Å². The van der Waals surface area contributed by atoms with Gasteiger partial charge in [0.05, 0.1) is 0 Å². The minimum Gasteiger partial charge on any atom is -0.247 e. The fraction of sp³-hybridized carbons (Fsp3) is 1.00. The molecule has 7 atom stereocenters. The molecule has 3 heteroatoms. The van der Waals surface area contributed by atoms with E-state index in [1.807, 2.05) is 0 Å². The second-order valence-corrected chi connectivity index (χ2v) is 13.8. The molecule has 6 unspecified atom stereocenters. The molecule has 0 N–H and O–H groups in total. The van der Waals surface area contributed by atoms with E-state index in [0.29, 0.717) is 29.6 Å². The topological polar surface area (TPSA) is 0 Å². The third-order valence-corrected chi connectivity index (χ3v) is 11.6. The first-order valence-corrected chi connectivity index (χ1v) is 16.4. The Balaban J connectivity index is 1.14. The predicted octanol–water partition coefficient (Wildman–Crippen LogP) is 10.8. The largest absolute Gasteiger partial charge is 0.247 e. The van der Waals surface area contributed by atoms with Gasteiger partial charge < -0.3 is 0 Å². The molecule has 36 heavy (non-hydrogen) atoms. The lowest BCUT2D eigenvalue weighted by molar-refractivity contribution is -0.0165. The van der Waals surface area contributed by atoms with E-state index in [9.17, 15) is 0 Å². The van der Waals surface area contributed by atoms with E-state index in [-0.39, 0.29) is 11.8 Å². The molecule has 0 spiro atoms. The molecule has 0 radical (unpaired) electrons. The lowest BCUT2D eigenvalue weighted by atomic mass is 9.65. The molecule has 0 aromatic carbocycles. The van der Waals surface area contributed by atoms with Crippen molar-refractivity contribution >= 4 is 0 Å². The highest BCUT2D eigenvalue weighted by Gasteiger charge is 2.44. The number of unbranched alkanes of at least 4 members (excludes halogenated alkanes) is 1. The van der Waals surface area contributed by atoms with Gasteiger partial charge in [-0.25, -0.2) is 13.2 Å². The quantitative estimate of drug-likeness (QED) is 0.274. The van der Waals surface area contributed by atoms with Gasteiger partial charge in [0.2, 0.25) is 0 Å². The summed E-state index contributed by atoms with van der Waals surface area (Å²) in [6, 6.07) is 0. The summed E-state index contributed by atoms with van der Waals surface area (Å²) in [5.74, 6) is 3.27. The van der Waals surface area contributed by atoms with Gasteiger partial charge in [-0.2, -0.15) is 0 Å². The van der Waals surface area contributed by atoms with E-state index in [1.165, 1.54) is 64.2 Å². The zero-order valence-corrected chi connectivity index (χ0v) is 23.6. The molecular formula is C33H57F3.